The third-order valence-corrected chi connectivity index (χ3v) is 0. The molecule has 0 amide bonds. The Balaban J connectivity index is -0.0000000202. The number of hydrogen-bond donors (Lipinski definition) is 0. The number of halogens is 1. The Morgan fingerprint density at radius 3 is 1.22 bits per heavy atom. The minimum Gasteiger partial charge on any atom is -0.269 e. The molecule has 0 rings (SSSR count). The minimum absolute atomic E-state index is 0. The van der Waals surface area contributed by atoms with Crippen LogP contribution in [0.5, 0.6) is 0 Å². The molecule has 0 aliphatic heterocycles. The van der Waals surface area contributed by atoms with Crippen LogP contribution in [0.15, 0.2) is 12.7 Å². The van der Waals surface area contributed by atoms with Crippen LogP contribution in [0.4, 0.5) is 4.70 Å². The van der Waals surface area contributed by atoms with Crippen LogP contribution in [0.3, 0.4) is 0 Å². The largest absolute Gasteiger partial charge is 0.269 e. The van der Waals surface area contributed by atoms with Crippen molar-refractivity contribution in [2.75, 3.05) is 0 Å². The highest BCUT2D eigenvalue weighted by Crippen LogP contribution is 1.56. The topological polar surface area (TPSA) is 0 Å². The lowest BCUT2D eigenvalue weighted by Gasteiger charge is -1.48. The van der Waals surface area contributed by atoms with Gasteiger partial charge in [-0.05, 0) is 6.92 Å². The predicted molar refractivity (Wildman–Crippen MR) is 45.7 cm³/mol. The highest BCUT2D eigenvalue weighted by Gasteiger charge is 1.35. The molecule has 0 heterocycles. The molecule has 0 aliphatic rings. The quantitative estimate of drug-likeness (QED) is 0.444. The van der Waals surface area contributed by atoms with Crippen LogP contribution in [-0.2, 0) is 0 Å². The molecule has 0 aromatic rings. The summed E-state index contributed by atoms with van der Waals surface area (Å²) < 4.78 is 0. The molecule has 60 valence electrons. The van der Waals surface area contributed by atoms with Crippen LogP contribution in [-0.4, -0.2) is 0 Å². The van der Waals surface area contributed by atoms with Crippen LogP contribution in [0.1, 0.15) is 41.0 Å². The first-order valence-electron chi connectivity index (χ1n) is 3.40. The highest BCUT2D eigenvalue weighted by molar-refractivity contribution is 4.51. The molecule has 0 saturated heterocycles. The summed E-state index contributed by atoms with van der Waals surface area (Å²) in [5, 5.41) is 0. The standard InChI is InChI=1S/C3H8.C3H6.C2H6.FH/c2*1-3-2;1-2;/h3H2,1-2H3;3H,1H2,2H3;1-2H3;1H. The molecule has 0 aliphatic carbocycles. The Bertz CT molecular complexity index is 18.5. The molecule has 0 N–H and O–H groups in total. The summed E-state index contributed by atoms with van der Waals surface area (Å²) in [5.74, 6) is 0. The van der Waals surface area contributed by atoms with Gasteiger partial charge in [0, 0.05) is 0 Å². The molecule has 0 bridgehead atoms. The molecule has 0 radical (unpaired) electrons. The molecule has 0 nitrogen and oxygen atoms in total. The van der Waals surface area contributed by atoms with Gasteiger partial charge in [-0.2, -0.15) is 0 Å². The lowest BCUT2D eigenvalue weighted by atomic mass is 10.6. The lowest BCUT2D eigenvalue weighted by molar-refractivity contribution is 1.09. The summed E-state index contributed by atoms with van der Waals surface area (Å²) in [7, 11) is 0. The normalized spacial score (nSPS) is 4.11. The Hall–Kier alpha value is -0.330. The number of hydrogen-bond acceptors (Lipinski definition) is 0. The summed E-state index contributed by atoms with van der Waals surface area (Å²) in [6.07, 6.45) is 3.00. The molecular weight excluding hydrogens is 115 g/mol. The fourth-order valence-electron chi connectivity index (χ4n) is 0. The van der Waals surface area contributed by atoms with Crippen molar-refractivity contribution >= 4 is 0 Å². The van der Waals surface area contributed by atoms with Gasteiger partial charge in [0.1, 0.15) is 0 Å². The van der Waals surface area contributed by atoms with E-state index in [1.807, 2.05) is 20.8 Å². The third-order valence-electron chi connectivity index (χ3n) is 0. The van der Waals surface area contributed by atoms with Gasteiger partial charge in [-0.15, -0.1) is 6.58 Å². The first-order valence-corrected chi connectivity index (χ1v) is 3.40. The molecule has 0 aromatic carbocycles. The van der Waals surface area contributed by atoms with Crippen LogP contribution in [0.25, 0.3) is 0 Å². The van der Waals surface area contributed by atoms with Gasteiger partial charge >= 0.3 is 0 Å². The molecular formula is C8H21F. The van der Waals surface area contributed by atoms with Crippen LogP contribution < -0.4 is 0 Å². The van der Waals surface area contributed by atoms with Crippen molar-refractivity contribution in [3.8, 4) is 0 Å². The van der Waals surface area contributed by atoms with E-state index in [4.69, 9.17) is 0 Å². The Morgan fingerprint density at radius 1 is 1.22 bits per heavy atom. The molecule has 0 atom stereocenters. The van der Waals surface area contributed by atoms with Gasteiger partial charge in [-0.1, -0.05) is 40.2 Å². The van der Waals surface area contributed by atoms with Gasteiger partial charge in [0.05, 0.1) is 0 Å². The summed E-state index contributed by atoms with van der Waals surface area (Å²) in [4.78, 5) is 0. The molecule has 0 unspecified atom stereocenters. The summed E-state index contributed by atoms with van der Waals surface area (Å²) in [6, 6.07) is 0. The van der Waals surface area contributed by atoms with Gasteiger partial charge in [0.15, 0.2) is 0 Å². The van der Waals surface area contributed by atoms with Crippen molar-refractivity contribution in [1.29, 1.82) is 0 Å². The van der Waals surface area contributed by atoms with Gasteiger partial charge in [0.25, 0.3) is 0 Å². The SMILES string of the molecule is C=CC.CC.CCC.F. The van der Waals surface area contributed by atoms with Crippen molar-refractivity contribution in [3.05, 3.63) is 12.7 Å². The van der Waals surface area contributed by atoms with E-state index in [2.05, 4.69) is 20.4 Å². The lowest BCUT2D eigenvalue weighted by Crippen LogP contribution is -1.27. The molecule has 1 heteroatoms. The van der Waals surface area contributed by atoms with E-state index >= 15 is 0 Å². The Labute approximate surface area is 59.3 Å². The predicted octanol–water partition coefficient (Wildman–Crippen LogP) is 3.79. The highest BCUT2D eigenvalue weighted by atomic mass is 19.0. The zero-order valence-corrected chi connectivity index (χ0v) is 7.40. The second-order valence-corrected chi connectivity index (χ2v) is 1.12. The Kier molecular flexibility index (Phi) is 318. The third kappa shape index (κ3) is 2260. The van der Waals surface area contributed by atoms with E-state index in [0.717, 1.165) is 0 Å². The van der Waals surface area contributed by atoms with Crippen LogP contribution in [0.2, 0.25) is 0 Å². The molecule has 9 heavy (non-hydrogen) atoms. The van der Waals surface area contributed by atoms with E-state index in [1.165, 1.54) is 6.42 Å². The minimum atomic E-state index is 0. The zero-order chi connectivity index (χ0) is 7.41. The van der Waals surface area contributed by atoms with Gasteiger partial charge in [-0.3, -0.25) is 4.70 Å². The fraction of sp³-hybridized carbons (Fsp3) is 0.750. The van der Waals surface area contributed by atoms with Crippen LogP contribution in [0, 0.1) is 0 Å². The van der Waals surface area contributed by atoms with E-state index < -0.39 is 0 Å². The second kappa shape index (κ2) is 122. The average Bonchev–Trinajstić information content (AvgIpc) is 1.75. The van der Waals surface area contributed by atoms with E-state index in [-0.39, 0.29) is 4.70 Å². The van der Waals surface area contributed by atoms with Crippen molar-refractivity contribution < 1.29 is 4.70 Å². The number of allylic oxidation sites excluding steroid dienone is 1. The van der Waals surface area contributed by atoms with Gasteiger partial charge < -0.3 is 0 Å². The van der Waals surface area contributed by atoms with Crippen molar-refractivity contribution in [3.63, 3.8) is 0 Å². The zero-order valence-electron chi connectivity index (χ0n) is 7.40. The first kappa shape index (κ1) is 23.4. The maximum atomic E-state index is 3.36. The monoisotopic (exact) mass is 136 g/mol. The van der Waals surface area contributed by atoms with Crippen LogP contribution >= 0.6 is 0 Å². The van der Waals surface area contributed by atoms with E-state index in [1.54, 1.807) is 6.08 Å². The van der Waals surface area contributed by atoms with Crippen molar-refractivity contribution in [2.24, 2.45) is 0 Å². The summed E-state index contributed by atoms with van der Waals surface area (Å²) >= 11 is 0. The van der Waals surface area contributed by atoms with Gasteiger partial charge in [0.2, 0.25) is 0 Å². The number of rotatable bonds is 0. The maximum Gasteiger partial charge on any atom is -0.0473 e. The molecule has 0 aromatic heterocycles. The molecule has 0 fully saturated rings. The van der Waals surface area contributed by atoms with E-state index in [9.17, 15) is 0 Å². The average molecular weight is 136 g/mol. The Morgan fingerprint density at radius 2 is 1.22 bits per heavy atom. The molecule has 0 saturated carbocycles. The first-order chi connectivity index (χ1) is 3.83. The molecule has 0 spiro atoms. The fourth-order valence-corrected chi connectivity index (χ4v) is 0. The summed E-state index contributed by atoms with van der Waals surface area (Å²) in [5.41, 5.74) is 0. The second-order valence-electron chi connectivity index (χ2n) is 1.12. The van der Waals surface area contributed by atoms with Gasteiger partial charge in [-0.25, -0.2) is 0 Å². The van der Waals surface area contributed by atoms with Crippen molar-refractivity contribution in [1.82, 2.24) is 0 Å². The van der Waals surface area contributed by atoms with Crippen molar-refractivity contribution in [2.45, 2.75) is 41.0 Å². The smallest absolute Gasteiger partial charge is 0.0473 e. The summed E-state index contributed by atoms with van der Waals surface area (Å²) in [6.45, 7) is 13.5. The van der Waals surface area contributed by atoms with E-state index in [0.29, 0.717) is 0 Å². The maximum absolute atomic E-state index is 3.36.